The highest BCUT2D eigenvalue weighted by molar-refractivity contribution is 7.99. The molecule has 0 heterocycles. The number of carboxylic acids is 2. The first kappa shape index (κ1) is 11.2. The lowest BCUT2D eigenvalue weighted by Gasteiger charge is -2.08. The number of carbonyl (C=O) groups is 2. The highest BCUT2D eigenvalue weighted by Crippen LogP contribution is 2.04. The van der Waals surface area contributed by atoms with Crippen molar-refractivity contribution in [2.45, 2.75) is 5.25 Å². The van der Waals surface area contributed by atoms with E-state index < -0.39 is 17.2 Å². The molecule has 0 aromatic carbocycles. The number of nitrogens with one attached hydrogen (secondary N) is 1. The fourth-order valence-corrected chi connectivity index (χ4v) is 1.07. The Hall–Kier alpha value is -0.750. The van der Waals surface area contributed by atoms with E-state index in [9.17, 15) is 9.59 Å². The van der Waals surface area contributed by atoms with Gasteiger partial charge in [-0.15, -0.1) is 11.8 Å². The van der Waals surface area contributed by atoms with E-state index in [1.807, 2.05) is 0 Å². The largest absolute Gasteiger partial charge is 0.480 e. The van der Waals surface area contributed by atoms with Gasteiger partial charge in [0.25, 0.3) is 0 Å². The highest BCUT2D eigenvalue weighted by Gasteiger charge is 2.14. The van der Waals surface area contributed by atoms with Gasteiger partial charge in [-0.3, -0.25) is 9.59 Å². The van der Waals surface area contributed by atoms with E-state index in [0.717, 1.165) is 0 Å². The van der Waals surface area contributed by atoms with Crippen molar-refractivity contribution < 1.29 is 19.8 Å². The minimum Gasteiger partial charge on any atom is -0.480 e. The normalized spacial score (nSPS) is 12.4. The molecule has 0 aromatic heterocycles. The number of hydrogen-bond acceptors (Lipinski definition) is 4. The second-order valence-corrected chi connectivity index (χ2v) is 3.13. The maximum Gasteiger partial charge on any atom is 0.317 e. The maximum absolute atomic E-state index is 10.4. The van der Waals surface area contributed by atoms with Crippen molar-refractivity contribution in [3.63, 3.8) is 0 Å². The molecule has 0 aliphatic rings. The van der Waals surface area contributed by atoms with Crippen molar-refractivity contribution in [2.75, 3.05) is 19.3 Å². The average Bonchev–Trinajstić information content (AvgIpc) is 1.96. The van der Waals surface area contributed by atoms with Crippen LogP contribution in [0.1, 0.15) is 0 Å². The van der Waals surface area contributed by atoms with Gasteiger partial charge < -0.3 is 15.5 Å². The summed E-state index contributed by atoms with van der Waals surface area (Å²) in [5.74, 6) is -1.92. The van der Waals surface area contributed by atoms with Crippen molar-refractivity contribution in [3.8, 4) is 0 Å². The van der Waals surface area contributed by atoms with E-state index in [1.165, 1.54) is 11.8 Å². The van der Waals surface area contributed by atoms with E-state index in [-0.39, 0.29) is 13.1 Å². The molecule has 0 aliphatic heterocycles. The van der Waals surface area contributed by atoms with Crippen LogP contribution in [0, 0.1) is 0 Å². The number of aliphatic carboxylic acids is 2. The predicted molar refractivity (Wildman–Crippen MR) is 45.4 cm³/mol. The fourth-order valence-electron chi connectivity index (χ4n) is 0.582. The Morgan fingerprint density at radius 2 is 2.08 bits per heavy atom. The number of hydrogen-bond donors (Lipinski definition) is 3. The summed E-state index contributed by atoms with van der Waals surface area (Å²) < 4.78 is 0. The first-order valence-electron chi connectivity index (χ1n) is 3.26. The number of rotatable bonds is 6. The molecule has 0 spiro atoms. The van der Waals surface area contributed by atoms with Crippen molar-refractivity contribution in [2.24, 2.45) is 0 Å². The van der Waals surface area contributed by atoms with Crippen LogP contribution in [0.15, 0.2) is 0 Å². The monoisotopic (exact) mass is 193 g/mol. The van der Waals surface area contributed by atoms with Gasteiger partial charge in [0.1, 0.15) is 5.25 Å². The number of thioether (sulfide) groups is 1. The second kappa shape index (κ2) is 5.84. The van der Waals surface area contributed by atoms with Crippen LogP contribution in [0.25, 0.3) is 0 Å². The summed E-state index contributed by atoms with van der Waals surface area (Å²) in [5, 5.41) is 18.7. The highest BCUT2D eigenvalue weighted by atomic mass is 32.2. The summed E-state index contributed by atoms with van der Waals surface area (Å²) in [6.45, 7) is -0.0346. The molecule has 0 saturated heterocycles. The molecule has 0 aliphatic carbocycles. The zero-order valence-corrected chi connectivity index (χ0v) is 7.43. The molecule has 12 heavy (non-hydrogen) atoms. The molecular formula is C6H11NO4S. The minimum atomic E-state index is -0.986. The van der Waals surface area contributed by atoms with Crippen LogP contribution >= 0.6 is 11.8 Å². The Labute approximate surface area is 74.1 Å². The predicted octanol–water partition coefficient (Wildman–Crippen LogP) is -0.523. The zero-order chi connectivity index (χ0) is 9.56. The van der Waals surface area contributed by atoms with Crippen molar-refractivity contribution in [1.82, 2.24) is 5.32 Å². The quantitative estimate of drug-likeness (QED) is 0.526. The van der Waals surface area contributed by atoms with Gasteiger partial charge >= 0.3 is 11.9 Å². The first-order valence-corrected chi connectivity index (χ1v) is 4.54. The second-order valence-electron chi connectivity index (χ2n) is 2.09. The Morgan fingerprint density at radius 1 is 1.50 bits per heavy atom. The smallest absolute Gasteiger partial charge is 0.317 e. The molecule has 1 unspecified atom stereocenters. The molecular weight excluding hydrogens is 182 g/mol. The van der Waals surface area contributed by atoms with E-state index in [1.54, 1.807) is 6.26 Å². The fraction of sp³-hybridized carbons (Fsp3) is 0.667. The molecule has 0 radical (unpaired) electrons. The topological polar surface area (TPSA) is 86.6 Å². The van der Waals surface area contributed by atoms with E-state index in [0.29, 0.717) is 0 Å². The third-order valence-electron chi connectivity index (χ3n) is 1.17. The SMILES string of the molecule is CSC(CNCC(=O)O)C(=O)O. The summed E-state index contributed by atoms with van der Waals surface area (Å²) in [5.41, 5.74) is 0. The molecule has 0 bridgehead atoms. The average molecular weight is 193 g/mol. The standard InChI is InChI=1S/C6H11NO4S/c1-12-4(6(10)11)2-7-3-5(8)9/h4,7H,2-3H2,1H3,(H,8,9)(H,10,11). The maximum atomic E-state index is 10.4. The van der Waals surface area contributed by atoms with Gasteiger partial charge in [0.2, 0.25) is 0 Å². The molecule has 70 valence electrons. The van der Waals surface area contributed by atoms with E-state index >= 15 is 0 Å². The lowest BCUT2D eigenvalue weighted by atomic mass is 10.4. The summed E-state index contributed by atoms with van der Waals surface area (Å²) in [6, 6.07) is 0. The van der Waals surface area contributed by atoms with Crippen molar-refractivity contribution in [1.29, 1.82) is 0 Å². The van der Waals surface area contributed by atoms with Gasteiger partial charge in [-0.05, 0) is 6.26 Å². The summed E-state index contributed by atoms with van der Waals surface area (Å²) in [6.07, 6.45) is 1.67. The summed E-state index contributed by atoms with van der Waals surface area (Å²) >= 11 is 1.17. The molecule has 0 fully saturated rings. The lowest BCUT2D eigenvalue weighted by Crippen LogP contribution is -2.33. The molecule has 3 N–H and O–H groups in total. The van der Waals surface area contributed by atoms with Crippen molar-refractivity contribution in [3.05, 3.63) is 0 Å². The van der Waals surface area contributed by atoms with Gasteiger partial charge in [-0.1, -0.05) is 0 Å². The van der Waals surface area contributed by atoms with Crippen LogP contribution in [0.4, 0.5) is 0 Å². The zero-order valence-electron chi connectivity index (χ0n) is 6.61. The van der Waals surface area contributed by atoms with Crippen LogP contribution in [0.5, 0.6) is 0 Å². The molecule has 0 saturated carbocycles. The van der Waals surface area contributed by atoms with Gasteiger partial charge in [0, 0.05) is 6.54 Å². The van der Waals surface area contributed by atoms with E-state index in [2.05, 4.69) is 5.32 Å². The van der Waals surface area contributed by atoms with Crippen LogP contribution < -0.4 is 5.32 Å². The Morgan fingerprint density at radius 3 is 2.42 bits per heavy atom. The van der Waals surface area contributed by atoms with Crippen LogP contribution in [-0.2, 0) is 9.59 Å². The molecule has 0 rings (SSSR count). The lowest BCUT2D eigenvalue weighted by molar-refractivity contribution is -0.138. The van der Waals surface area contributed by atoms with Crippen LogP contribution in [0.3, 0.4) is 0 Å². The Balaban J connectivity index is 3.59. The molecule has 6 heteroatoms. The van der Waals surface area contributed by atoms with Gasteiger partial charge in [-0.2, -0.15) is 0 Å². The molecule has 1 atom stereocenters. The summed E-state index contributed by atoms with van der Waals surface area (Å²) in [4.78, 5) is 20.4. The first-order chi connectivity index (χ1) is 5.57. The van der Waals surface area contributed by atoms with Gasteiger partial charge in [-0.25, -0.2) is 0 Å². The minimum absolute atomic E-state index is 0.169. The Kier molecular flexibility index (Phi) is 5.48. The van der Waals surface area contributed by atoms with Gasteiger partial charge in [0.05, 0.1) is 6.54 Å². The third-order valence-corrected chi connectivity index (χ3v) is 2.10. The Bertz CT molecular complexity index is 173. The summed E-state index contributed by atoms with van der Waals surface area (Å²) in [7, 11) is 0. The molecule has 5 nitrogen and oxygen atoms in total. The van der Waals surface area contributed by atoms with Crippen LogP contribution in [-0.4, -0.2) is 46.7 Å². The third kappa shape index (κ3) is 4.97. The number of carboxylic acid groups (broad SMARTS) is 2. The van der Waals surface area contributed by atoms with Crippen LogP contribution in [0.2, 0.25) is 0 Å². The van der Waals surface area contributed by atoms with E-state index in [4.69, 9.17) is 10.2 Å². The molecule has 0 aromatic rings. The van der Waals surface area contributed by atoms with Crippen molar-refractivity contribution >= 4 is 23.7 Å². The van der Waals surface area contributed by atoms with Gasteiger partial charge in [0.15, 0.2) is 0 Å². The molecule has 0 amide bonds.